The molecule has 72 valence electrons. The van der Waals surface area contributed by atoms with Gasteiger partial charge in [-0.15, -0.1) is 0 Å². The van der Waals surface area contributed by atoms with E-state index < -0.39 is 0 Å². The van der Waals surface area contributed by atoms with Crippen molar-refractivity contribution >= 4 is 26.8 Å². The van der Waals surface area contributed by atoms with Crippen LogP contribution >= 0.6 is 15.9 Å². The number of rotatable bonds is 1. The van der Waals surface area contributed by atoms with Crippen molar-refractivity contribution in [1.29, 1.82) is 0 Å². The molecule has 0 saturated heterocycles. The van der Waals surface area contributed by atoms with Crippen LogP contribution in [0.3, 0.4) is 0 Å². The molecule has 2 nitrogen and oxygen atoms in total. The maximum absolute atomic E-state index is 4.45. The van der Waals surface area contributed by atoms with E-state index in [0.29, 0.717) is 6.04 Å². The van der Waals surface area contributed by atoms with E-state index in [-0.39, 0.29) is 0 Å². The molecule has 1 aliphatic carbocycles. The SMILES string of the molecule is Brc1ccc2cnn(C3CCC3)c2c1. The molecule has 1 saturated carbocycles. The van der Waals surface area contributed by atoms with Gasteiger partial charge in [0.15, 0.2) is 0 Å². The molecular formula is C11H11BrN2. The second kappa shape index (κ2) is 3.09. The normalized spacial score (nSPS) is 17.2. The summed E-state index contributed by atoms with van der Waals surface area (Å²) in [6.07, 6.45) is 5.87. The van der Waals surface area contributed by atoms with Crippen LogP contribution in [0.15, 0.2) is 28.9 Å². The van der Waals surface area contributed by atoms with Gasteiger partial charge in [-0.1, -0.05) is 22.0 Å². The van der Waals surface area contributed by atoms with Gasteiger partial charge in [-0.3, -0.25) is 4.68 Å². The Morgan fingerprint density at radius 2 is 2.21 bits per heavy atom. The summed E-state index contributed by atoms with van der Waals surface area (Å²) in [5, 5.41) is 5.69. The van der Waals surface area contributed by atoms with Crippen LogP contribution < -0.4 is 0 Å². The molecule has 1 aromatic carbocycles. The van der Waals surface area contributed by atoms with E-state index in [9.17, 15) is 0 Å². The fraction of sp³-hybridized carbons (Fsp3) is 0.364. The lowest BCUT2D eigenvalue weighted by Crippen LogP contribution is -2.17. The van der Waals surface area contributed by atoms with Crippen LogP contribution in [0.5, 0.6) is 0 Å². The Morgan fingerprint density at radius 3 is 2.93 bits per heavy atom. The zero-order valence-electron chi connectivity index (χ0n) is 7.78. The highest BCUT2D eigenvalue weighted by molar-refractivity contribution is 9.10. The minimum absolute atomic E-state index is 0.641. The van der Waals surface area contributed by atoms with Gasteiger partial charge < -0.3 is 0 Å². The van der Waals surface area contributed by atoms with Crippen LogP contribution in [0, 0.1) is 0 Å². The Hall–Kier alpha value is -0.830. The van der Waals surface area contributed by atoms with E-state index in [2.05, 4.69) is 43.9 Å². The highest BCUT2D eigenvalue weighted by Gasteiger charge is 2.21. The summed E-state index contributed by atoms with van der Waals surface area (Å²) in [6.45, 7) is 0. The number of benzene rings is 1. The molecule has 0 N–H and O–H groups in total. The van der Waals surface area contributed by atoms with Crippen LogP contribution in [0.1, 0.15) is 25.3 Å². The van der Waals surface area contributed by atoms with E-state index >= 15 is 0 Å². The van der Waals surface area contributed by atoms with Gasteiger partial charge in [-0.2, -0.15) is 5.10 Å². The summed E-state index contributed by atoms with van der Waals surface area (Å²) in [7, 11) is 0. The highest BCUT2D eigenvalue weighted by Crippen LogP contribution is 2.33. The topological polar surface area (TPSA) is 17.8 Å². The summed E-state index contributed by atoms with van der Waals surface area (Å²) < 4.78 is 3.30. The van der Waals surface area contributed by atoms with Gasteiger partial charge >= 0.3 is 0 Å². The third-order valence-electron chi connectivity index (χ3n) is 2.98. The molecule has 1 aliphatic rings. The lowest BCUT2D eigenvalue weighted by atomic mass is 9.93. The Kier molecular flexibility index (Phi) is 1.87. The molecule has 0 aliphatic heterocycles. The third-order valence-corrected chi connectivity index (χ3v) is 3.47. The molecule has 14 heavy (non-hydrogen) atoms. The van der Waals surface area contributed by atoms with Crippen molar-refractivity contribution in [2.24, 2.45) is 0 Å². The summed E-state index contributed by atoms with van der Waals surface area (Å²) in [6, 6.07) is 6.97. The molecule has 1 heterocycles. The number of hydrogen-bond donors (Lipinski definition) is 0. The molecule has 2 aromatic rings. The Bertz CT molecular complexity index is 471. The molecule has 0 bridgehead atoms. The monoisotopic (exact) mass is 250 g/mol. The van der Waals surface area contributed by atoms with Crippen molar-refractivity contribution in [3.8, 4) is 0 Å². The molecular weight excluding hydrogens is 240 g/mol. The van der Waals surface area contributed by atoms with E-state index in [1.54, 1.807) is 0 Å². The van der Waals surface area contributed by atoms with Gasteiger partial charge in [0, 0.05) is 9.86 Å². The second-order valence-corrected chi connectivity index (χ2v) is 4.79. The van der Waals surface area contributed by atoms with Gasteiger partial charge in [-0.05, 0) is 31.4 Å². The van der Waals surface area contributed by atoms with E-state index in [0.717, 1.165) is 4.47 Å². The van der Waals surface area contributed by atoms with Crippen molar-refractivity contribution in [2.75, 3.05) is 0 Å². The lowest BCUT2D eigenvalue weighted by Gasteiger charge is -2.26. The largest absolute Gasteiger partial charge is 0.262 e. The van der Waals surface area contributed by atoms with Gasteiger partial charge in [-0.25, -0.2) is 0 Å². The molecule has 0 spiro atoms. The van der Waals surface area contributed by atoms with Crippen molar-refractivity contribution in [1.82, 2.24) is 9.78 Å². The molecule has 0 atom stereocenters. The Labute approximate surface area is 91.0 Å². The summed E-state index contributed by atoms with van der Waals surface area (Å²) in [5.41, 5.74) is 1.25. The predicted molar refractivity (Wildman–Crippen MR) is 60.3 cm³/mol. The number of halogens is 1. The van der Waals surface area contributed by atoms with Gasteiger partial charge in [0.05, 0.1) is 17.8 Å². The molecule has 0 radical (unpaired) electrons. The van der Waals surface area contributed by atoms with Crippen LogP contribution in [0.25, 0.3) is 10.9 Å². The molecule has 3 heteroatoms. The molecule has 0 unspecified atom stereocenters. The number of hydrogen-bond acceptors (Lipinski definition) is 1. The Morgan fingerprint density at radius 1 is 1.36 bits per heavy atom. The van der Waals surface area contributed by atoms with Gasteiger partial charge in [0.2, 0.25) is 0 Å². The first-order valence-corrected chi connectivity index (χ1v) is 5.77. The van der Waals surface area contributed by atoms with E-state index in [1.807, 2.05) is 6.20 Å². The van der Waals surface area contributed by atoms with Gasteiger partial charge in [0.1, 0.15) is 0 Å². The molecule has 0 amide bonds. The lowest BCUT2D eigenvalue weighted by molar-refractivity contribution is 0.297. The number of aromatic nitrogens is 2. The quantitative estimate of drug-likeness (QED) is 0.758. The predicted octanol–water partition coefficient (Wildman–Crippen LogP) is 3.52. The number of nitrogens with zero attached hydrogens (tertiary/aromatic N) is 2. The minimum Gasteiger partial charge on any atom is -0.262 e. The highest BCUT2D eigenvalue weighted by atomic mass is 79.9. The van der Waals surface area contributed by atoms with E-state index in [1.165, 1.54) is 30.2 Å². The standard InChI is InChI=1S/C11H11BrN2/c12-9-5-4-8-7-13-14(11(8)6-9)10-2-1-3-10/h4-7,10H,1-3H2. The average molecular weight is 251 g/mol. The summed E-state index contributed by atoms with van der Waals surface area (Å²) in [4.78, 5) is 0. The maximum Gasteiger partial charge on any atom is 0.0696 e. The van der Waals surface area contributed by atoms with Crippen LogP contribution in [0.4, 0.5) is 0 Å². The van der Waals surface area contributed by atoms with Crippen molar-refractivity contribution in [2.45, 2.75) is 25.3 Å². The zero-order valence-corrected chi connectivity index (χ0v) is 9.37. The van der Waals surface area contributed by atoms with Crippen LogP contribution in [-0.4, -0.2) is 9.78 Å². The average Bonchev–Trinajstić information content (AvgIpc) is 2.46. The second-order valence-electron chi connectivity index (χ2n) is 3.88. The fourth-order valence-corrected chi connectivity index (χ4v) is 2.28. The number of fused-ring (bicyclic) bond motifs is 1. The van der Waals surface area contributed by atoms with Gasteiger partial charge in [0.25, 0.3) is 0 Å². The first-order valence-electron chi connectivity index (χ1n) is 4.97. The minimum atomic E-state index is 0.641. The first-order chi connectivity index (χ1) is 6.84. The fourth-order valence-electron chi connectivity index (χ4n) is 1.93. The van der Waals surface area contributed by atoms with Crippen molar-refractivity contribution < 1.29 is 0 Å². The van der Waals surface area contributed by atoms with Crippen molar-refractivity contribution in [3.05, 3.63) is 28.9 Å². The summed E-state index contributed by atoms with van der Waals surface area (Å²) in [5.74, 6) is 0. The smallest absolute Gasteiger partial charge is 0.0696 e. The molecule has 3 rings (SSSR count). The first kappa shape index (κ1) is 8.48. The van der Waals surface area contributed by atoms with Crippen LogP contribution in [0.2, 0.25) is 0 Å². The summed E-state index contributed by atoms with van der Waals surface area (Å²) >= 11 is 3.50. The molecule has 1 fully saturated rings. The van der Waals surface area contributed by atoms with E-state index in [4.69, 9.17) is 0 Å². The zero-order chi connectivity index (χ0) is 9.54. The Balaban J connectivity index is 2.18. The van der Waals surface area contributed by atoms with Crippen molar-refractivity contribution in [3.63, 3.8) is 0 Å². The maximum atomic E-state index is 4.45. The molecule has 1 aromatic heterocycles. The van der Waals surface area contributed by atoms with Crippen LogP contribution in [-0.2, 0) is 0 Å². The third kappa shape index (κ3) is 1.19.